The third kappa shape index (κ3) is 3.17. The van der Waals surface area contributed by atoms with Crippen molar-refractivity contribution >= 4 is 17.3 Å². The van der Waals surface area contributed by atoms with E-state index in [-0.39, 0.29) is 0 Å². The van der Waals surface area contributed by atoms with Gasteiger partial charge in [-0.25, -0.2) is 9.78 Å². The van der Waals surface area contributed by atoms with E-state index in [0.717, 1.165) is 27.6 Å². The summed E-state index contributed by atoms with van der Waals surface area (Å²) in [6.45, 7) is 4.62. The number of esters is 1. The molecule has 1 heterocycles. The number of carbonyl (C=O) groups excluding carboxylic acids is 1. The second kappa shape index (κ2) is 6.52. The molecule has 0 atom stereocenters. The second-order valence-corrected chi connectivity index (χ2v) is 5.49. The summed E-state index contributed by atoms with van der Waals surface area (Å²) in [5, 5.41) is 0.796. The van der Waals surface area contributed by atoms with Crippen LogP contribution in [-0.2, 0) is 4.74 Å². The molecule has 20 heavy (non-hydrogen) atoms. The summed E-state index contributed by atoms with van der Waals surface area (Å²) in [7, 11) is 1.36. The highest BCUT2D eigenvalue weighted by molar-refractivity contribution is 7.15. The minimum Gasteiger partial charge on any atom is -0.494 e. The summed E-state index contributed by atoms with van der Waals surface area (Å²) in [6, 6.07) is 7.74. The van der Waals surface area contributed by atoms with Crippen molar-refractivity contribution in [2.24, 2.45) is 0 Å². The van der Waals surface area contributed by atoms with Gasteiger partial charge in [0, 0.05) is 10.4 Å². The van der Waals surface area contributed by atoms with Crippen LogP contribution >= 0.6 is 11.3 Å². The summed E-state index contributed by atoms with van der Waals surface area (Å²) >= 11 is 1.48. The fourth-order valence-corrected chi connectivity index (χ4v) is 2.64. The van der Waals surface area contributed by atoms with E-state index >= 15 is 0 Å². The smallest absolute Gasteiger partial charge is 0.357 e. The Morgan fingerprint density at radius 2 is 2.20 bits per heavy atom. The van der Waals surface area contributed by atoms with Crippen LogP contribution < -0.4 is 4.74 Å². The van der Waals surface area contributed by atoms with Gasteiger partial charge in [0.1, 0.15) is 10.8 Å². The van der Waals surface area contributed by atoms with E-state index in [2.05, 4.69) is 11.9 Å². The summed E-state index contributed by atoms with van der Waals surface area (Å²) in [6.07, 6.45) is 0.965. The van der Waals surface area contributed by atoms with Crippen molar-refractivity contribution in [2.45, 2.75) is 20.3 Å². The number of rotatable bonds is 5. The van der Waals surface area contributed by atoms with E-state index in [1.165, 1.54) is 18.4 Å². The van der Waals surface area contributed by atoms with Crippen LogP contribution in [0, 0.1) is 6.92 Å². The van der Waals surface area contributed by atoms with Gasteiger partial charge >= 0.3 is 5.97 Å². The first-order chi connectivity index (χ1) is 9.65. The summed E-state index contributed by atoms with van der Waals surface area (Å²) in [4.78, 5) is 16.8. The zero-order valence-corrected chi connectivity index (χ0v) is 12.6. The van der Waals surface area contributed by atoms with Crippen molar-refractivity contribution in [1.82, 2.24) is 4.98 Å². The third-order valence-electron chi connectivity index (χ3n) is 2.73. The molecule has 1 aromatic carbocycles. The highest BCUT2D eigenvalue weighted by Gasteiger charge is 2.16. The van der Waals surface area contributed by atoms with Crippen LogP contribution in [-0.4, -0.2) is 24.7 Å². The van der Waals surface area contributed by atoms with E-state index in [1.807, 2.05) is 31.2 Å². The molecule has 2 aromatic rings. The Bertz CT molecular complexity index is 607. The molecule has 0 aliphatic heterocycles. The van der Waals surface area contributed by atoms with E-state index < -0.39 is 5.97 Å². The molecule has 5 heteroatoms. The van der Waals surface area contributed by atoms with Gasteiger partial charge in [-0.15, -0.1) is 11.3 Å². The maximum atomic E-state index is 11.6. The fourth-order valence-electron chi connectivity index (χ4n) is 1.74. The normalized spacial score (nSPS) is 10.3. The Balaban J connectivity index is 2.29. The molecule has 0 unspecified atom stereocenters. The number of methoxy groups -OCH3 is 1. The molecule has 1 aromatic heterocycles. The Labute approximate surface area is 122 Å². The van der Waals surface area contributed by atoms with Gasteiger partial charge in [-0.1, -0.05) is 19.1 Å². The van der Waals surface area contributed by atoms with Gasteiger partial charge in [0.2, 0.25) is 0 Å². The quantitative estimate of drug-likeness (QED) is 0.788. The molecule has 0 fully saturated rings. The number of thiazole rings is 1. The van der Waals surface area contributed by atoms with Crippen LogP contribution in [0.25, 0.3) is 10.6 Å². The standard InChI is InChI=1S/C15H17NO3S/c1-4-8-19-12-7-5-6-11(9-12)14-16-13(10(2)20-14)15(17)18-3/h5-7,9H,4,8H2,1-3H3. The van der Waals surface area contributed by atoms with Crippen LogP contribution in [0.2, 0.25) is 0 Å². The zero-order chi connectivity index (χ0) is 14.5. The average Bonchev–Trinajstić information content (AvgIpc) is 2.86. The second-order valence-electron chi connectivity index (χ2n) is 4.29. The molecular weight excluding hydrogens is 274 g/mol. The highest BCUT2D eigenvalue weighted by Crippen LogP contribution is 2.30. The maximum Gasteiger partial charge on any atom is 0.357 e. The molecule has 2 rings (SSSR count). The van der Waals surface area contributed by atoms with Crippen LogP contribution in [0.15, 0.2) is 24.3 Å². The zero-order valence-electron chi connectivity index (χ0n) is 11.8. The summed E-state index contributed by atoms with van der Waals surface area (Å²) < 4.78 is 10.3. The Morgan fingerprint density at radius 3 is 2.90 bits per heavy atom. The molecule has 0 saturated carbocycles. The number of aromatic nitrogens is 1. The van der Waals surface area contributed by atoms with E-state index in [9.17, 15) is 4.79 Å². The van der Waals surface area contributed by atoms with E-state index in [1.54, 1.807) is 0 Å². The van der Waals surface area contributed by atoms with Crippen LogP contribution in [0.5, 0.6) is 5.75 Å². The predicted molar refractivity (Wildman–Crippen MR) is 79.4 cm³/mol. The molecule has 0 bridgehead atoms. The maximum absolute atomic E-state index is 11.6. The fraction of sp³-hybridized carbons (Fsp3) is 0.333. The van der Waals surface area contributed by atoms with E-state index in [4.69, 9.17) is 9.47 Å². The molecule has 0 N–H and O–H groups in total. The first kappa shape index (κ1) is 14.5. The number of aryl methyl sites for hydroxylation is 1. The first-order valence-corrected chi connectivity index (χ1v) is 7.26. The lowest BCUT2D eigenvalue weighted by Gasteiger charge is -2.05. The van der Waals surface area contributed by atoms with Crippen molar-refractivity contribution in [2.75, 3.05) is 13.7 Å². The minimum absolute atomic E-state index is 0.382. The minimum atomic E-state index is -0.400. The van der Waals surface area contributed by atoms with Gasteiger partial charge in [0.05, 0.1) is 13.7 Å². The Hall–Kier alpha value is -1.88. The van der Waals surface area contributed by atoms with Gasteiger partial charge in [0.15, 0.2) is 5.69 Å². The third-order valence-corrected chi connectivity index (χ3v) is 3.75. The molecule has 0 saturated heterocycles. The number of nitrogens with zero attached hydrogens (tertiary/aromatic N) is 1. The highest BCUT2D eigenvalue weighted by atomic mass is 32.1. The number of hydrogen-bond donors (Lipinski definition) is 0. The molecule has 4 nitrogen and oxygen atoms in total. The largest absolute Gasteiger partial charge is 0.494 e. The van der Waals surface area contributed by atoms with Crippen molar-refractivity contribution in [3.63, 3.8) is 0 Å². The molecule has 0 radical (unpaired) electrons. The molecule has 0 spiro atoms. The number of carbonyl (C=O) groups is 1. The topological polar surface area (TPSA) is 48.4 Å². The van der Waals surface area contributed by atoms with Crippen LogP contribution in [0.4, 0.5) is 0 Å². The molecule has 106 valence electrons. The number of ether oxygens (including phenoxy) is 2. The van der Waals surface area contributed by atoms with Crippen LogP contribution in [0.1, 0.15) is 28.7 Å². The molecular formula is C15H17NO3S. The van der Waals surface area contributed by atoms with Gasteiger partial charge in [-0.05, 0) is 25.5 Å². The number of hydrogen-bond acceptors (Lipinski definition) is 5. The number of benzene rings is 1. The van der Waals surface area contributed by atoms with E-state index in [0.29, 0.717) is 12.3 Å². The van der Waals surface area contributed by atoms with Crippen molar-refractivity contribution in [3.8, 4) is 16.3 Å². The Kier molecular flexibility index (Phi) is 4.74. The molecule has 0 aliphatic carbocycles. The lowest BCUT2D eigenvalue weighted by molar-refractivity contribution is 0.0594. The molecule has 0 amide bonds. The predicted octanol–water partition coefficient (Wildman–Crippen LogP) is 3.69. The van der Waals surface area contributed by atoms with Gasteiger partial charge in [-0.3, -0.25) is 0 Å². The molecule has 0 aliphatic rings. The van der Waals surface area contributed by atoms with Crippen LogP contribution in [0.3, 0.4) is 0 Å². The van der Waals surface area contributed by atoms with Crippen molar-refractivity contribution in [3.05, 3.63) is 34.8 Å². The van der Waals surface area contributed by atoms with Gasteiger partial charge in [-0.2, -0.15) is 0 Å². The van der Waals surface area contributed by atoms with Crippen molar-refractivity contribution in [1.29, 1.82) is 0 Å². The van der Waals surface area contributed by atoms with Crippen molar-refractivity contribution < 1.29 is 14.3 Å². The average molecular weight is 291 g/mol. The SMILES string of the molecule is CCCOc1cccc(-c2nc(C(=O)OC)c(C)s2)c1. The van der Waals surface area contributed by atoms with Gasteiger partial charge in [0.25, 0.3) is 0 Å². The summed E-state index contributed by atoms with van der Waals surface area (Å²) in [5.41, 5.74) is 1.33. The van der Waals surface area contributed by atoms with Gasteiger partial charge < -0.3 is 9.47 Å². The Morgan fingerprint density at radius 1 is 1.40 bits per heavy atom. The summed E-state index contributed by atoms with van der Waals surface area (Å²) in [5.74, 6) is 0.417. The lowest BCUT2D eigenvalue weighted by Crippen LogP contribution is -2.03. The lowest BCUT2D eigenvalue weighted by atomic mass is 10.2. The monoisotopic (exact) mass is 291 g/mol. The first-order valence-electron chi connectivity index (χ1n) is 6.44.